The molecule has 0 aromatic rings. The molecule has 0 bridgehead atoms. The van der Waals surface area contributed by atoms with Crippen molar-refractivity contribution < 1.29 is 36.6 Å². The van der Waals surface area contributed by atoms with E-state index in [1.807, 2.05) is 0 Å². The van der Waals surface area contributed by atoms with E-state index in [9.17, 15) is 0 Å². The Bertz CT molecular complexity index is 3.25. The van der Waals surface area contributed by atoms with Gasteiger partial charge in [0.2, 0.25) is 0 Å². The van der Waals surface area contributed by atoms with Gasteiger partial charge in [0.05, 0.1) is 0 Å². The first-order chi connectivity index (χ1) is 1.41. The molecule has 0 aromatic carbocycles. The minimum absolute atomic E-state index is 0. The van der Waals surface area contributed by atoms with E-state index in [4.69, 9.17) is 10.5 Å². The molecular weight excluding hydrogens is 232 g/mol. The third-order valence-corrected chi connectivity index (χ3v) is 0. The second-order valence-electron chi connectivity index (χ2n) is 0.0816. The zero-order chi connectivity index (χ0) is 2.71. The smallest absolute Gasteiger partial charge is 0 e. The summed E-state index contributed by atoms with van der Waals surface area (Å²) < 4.78 is 0. The second-order valence-corrected chi connectivity index (χ2v) is 0.0816. The van der Waals surface area contributed by atoms with Crippen LogP contribution in [0.15, 0.2) is 0 Å². The molecule has 0 unspecified atom stereocenters. The molecule has 0 saturated heterocycles. The Kier molecular flexibility index (Phi) is 21.1. The molecule has 0 fully saturated rings. The summed E-state index contributed by atoms with van der Waals surface area (Å²) in [5.74, 6) is 0. The molecule has 0 radical (unpaired) electrons. The Morgan fingerprint density at radius 1 is 1.25 bits per heavy atom. The van der Waals surface area contributed by atoms with Crippen LogP contribution in [0.1, 0.15) is 0 Å². The van der Waals surface area contributed by atoms with Crippen LogP contribution in [-0.4, -0.2) is 10.5 Å². The molecule has 0 saturated carbocycles. The summed E-state index contributed by atoms with van der Waals surface area (Å²) in [7, 11) is 0. The van der Waals surface area contributed by atoms with Crippen LogP contribution in [0.4, 0.5) is 0 Å². The monoisotopic (exact) mass is 234 g/mol. The van der Waals surface area contributed by atoms with Gasteiger partial charge in [0, 0.05) is 21.1 Å². The van der Waals surface area contributed by atoms with Crippen molar-refractivity contribution in [2.24, 2.45) is 0 Å². The maximum absolute atomic E-state index is 6.62. The van der Waals surface area contributed by atoms with Crippen LogP contribution >= 0.6 is 0 Å². The molecule has 0 atom stereocenters. The SMILES string of the molecule is OOO.[W]. The molecule has 0 aliphatic heterocycles. The normalized spacial score (nSPS) is 4.50. The van der Waals surface area contributed by atoms with Gasteiger partial charge in [-0.1, -0.05) is 5.04 Å². The van der Waals surface area contributed by atoms with Gasteiger partial charge in [-0.25, -0.2) is 10.5 Å². The van der Waals surface area contributed by atoms with Gasteiger partial charge >= 0.3 is 0 Å². The molecule has 26 valence electrons. The Balaban J connectivity index is 0. The van der Waals surface area contributed by atoms with Crippen molar-refractivity contribution >= 4 is 0 Å². The van der Waals surface area contributed by atoms with Crippen LogP contribution < -0.4 is 0 Å². The van der Waals surface area contributed by atoms with E-state index in [1.165, 1.54) is 0 Å². The fraction of sp³-hybridized carbons (Fsp3) is 0. The summed E-state index contributed by atoms with van der Waals surface area (Å²) in [6, 6.07) is 0. The number of hydrogen-bond donors (Lipinski definition) is 2. The topological polar surface area (TPSA) is 49.7 Å². The molecule has 0 spiro atoms. The van der Waals surface area contributed by atoms with Gasteiger partial charge in [-0.05, 0) is 0 Å². The van der Waals surface area contributed by atoms with Crippen LogP contribution in [0.2, 0.25) is 0 Å². The van der Waals surface area contributed by atoms with Crippen molar-refractivity contribution in [3.63, 3.8) is 0 Å². The zero-order valence-electron chi connectivity index (χ0n) is 1.71. The van der Waals surface area contributed by atoms with E-state index in [0.717, 1.165) is 0 Å². The van der Waals surface area contributed by atoms with Crippen LogP contribution in [0.3, 0.4) is 0 Å². The molecule has 3 nitrogen and oxygen atoms in total. The predicted molar refractivity (Wildman–Crippen MR) is 6.34 cm³/mol. The van der Waals surface area contributed by atoms with E-state index >= 15 is 0 Å². The van der Waals surface area contributed by atoms with Gasteiger partial charge in [0.1, 0.15) is 0 Å². The maximum atomic E-state index is 6.62. The minimum Gasteiger partial charge on any atom is -0.221 e. The maximum Gasteiger partial charge on any atom is 0 e. The average molecular weight is 234 g/mol. The molecule has 4 heteroatoms. The largest absolute Gasteiger partial charge is 0.221 e. The molecule has 0 heterocycles. The van der Waals surface area contributed by atoms with Gasteiger partial charge < -0.3 is 0 Å². The predicted octanol–water partition coefficient (Wildman–Crippen LogP) is -0.0535. The van der Waals surface area contributed by atoms with Crippen molar-refractivity contribution in [1.29, 1.82) is 0 Å². The quantitative estimate of drug-likeness (QED) is 0.456. The first kappa shape index (κ1) is 8.82. The van der Waals surface area contributed by atoms with Gasteiger partial charge in [0.15, 0.2) is 0 Å². The summed E-state index contributed by atoms with van der Waals surface area (Å²) >= 11 is 0. The van der Waals surface area contributed by atoms with E-state index in [2.05, 4.69) is 5.04 Å². The molecule has 0 amide bonds. The fourth-order valence-electron chi connectivity index (χ4n) is 0. The minimum atomic E-state index is 0. The van der Waals surface area contributed by atoms with E-state index in [1.54, 1.807) is 0 Å². The van der Waals surface area contributed by atoms with Gasteiger partial charge in [0.25, 0.3) is 0 Å². The summed E-state index contributed by atoms with van der Waals surface area (Å²) in [5.41, 5.74) is 0. The molecule has 0 aliphatic carbocycles. The third-order valence-electron chi connectivity index (χ3n) is 0. The van der Waals surface area contributed by atoms with E-state index < -0.39 is 0 Å². The van der Waals surface area contributed by atoms with Crippen molar-refractivity contribution in [2.45, 2.75) is 0 Å². The van der Waals surface area contributed by atoms with Crippen molar-refractivity contribution in [3.8, 4) is 0 Å². The molecule has 0 aromatic heterocycles. The van der Waals surface area contributed by atoms with Crippen LogP contribution in [0.5, 0.6) is 0 Å². The van der Waals surface area contributed by atoms with Crippen molar-refractivity contribution in [1.82, 2.24) is 0 Å². The summed E-state index contributed by atoms with van der Waals surface area (Å²) in [4.78, 5) is 0. The Labute approximate surface area is 37.3 Å². The molecule has 4 heavy (non-hydrogen) atoms. The number of hydrogen-bond acceptors (Lipinski definition) is 3. The van der Waals surface area contributed by atoms with Gasteiger partial charge in [-0.3, -0.25) is 0 Å². The molecule has 2 N–H and O–H groups in total. The summed E-state index contributed by atoms with van der Waals surface area (Å²) in [6.07, 6.45) is 0. The number of rotatable bonds is 0. The summed E-state index contributed by atoms with van der Waals surface area (Å²) in [5, 5.41) is 15.5. The van der Waals surface area contributed by atoms with E-state index in [0.29, 0.717) is 0 Å². The zero-order valence-corrected chi connectivity index (χ0v) is 4.64. The summed E-state index contributed by atoms with van der Waals surface area (Å²) in [6.45, 7) is 0. The average Bonchev–Trinajstić information content (AvgIpc) is 0.918. The Morgan fingerprint density at radius 3 is 1.25 bits per heavy atom. The fourth-order valence-corrected chi connectivity index (χ4v) is 0. The molecule has 0 aliphatic rings. The Morgan fingerprint density at radius 2 is 1.25 bits per heavy atom. The van der Waals surface area contributed by atoms with Gasteiger partial charge in [-0.2, -0.15) is 0 Å². The van der Waals surface area contributed by atoms with Crippen molar-refractivity contribution in [2.75, 3.05) is 0 Å². The van der Waals surface area contributed by atoms with Crippen LogP contribution in [0, 0.1) is 0 Å². The van der Waals surface area contributed by atoms with Crippen molar-refractivity contribution in [3.05, 3.63) is 0 Å². The second kappa shape index (κ2) is 9.57. The first-order valence-corrected chi connectivity index (χ1v) is 0.365. The third kappa shape index (κ3) is 19.6. The standard InChI is InChI=1S/H2O3.W/c1-3-2;/h1-2H;. The first-order valence-electron chi connectivity index (χ1n) is 0.365. The van der Waals surface area contributed by atoms with Crippen LogP contribution in [-0.2, 0) is 26.1 Å². The van der Waals surface area contributed by atoms with Gasteiger partial charge in [-0.15, -0.1) is 0 Å². The van der Waals surface area contributed by atoms with E-state index in [-0.39, 0.29) is 21.1 Å². The Hall–Kier alpha value is 0.568. The molecular formula is H2O3W. The molecule has 0 rings (SSSR count). The van der Waals surface area contributed by atoms with Crippen LogP contribution in [0.25, 0.3) is 0 Å².